The maximum Gasteiger partial charge on any atom is 0.120 e. The molecular formula is C13H21NO2. The highest BCUT2D eigenvalue weighted by Crippen LogP contribution is 2.20. The molecule has 0 spiro atoms. The minimum atomic E-state index is -0.148. The summed E-state index contributed by atoms with van der Waals surface area (Å²) in [7, 11) is 1.70. The van der Waals surface area contributed by atoms with E-state index in [9.17, 15) is 0 Å². The van der Waals surface area contributed by atoms with Gasteiger partial charge >= 0.3 is 0 Å². The minimum absolute atomic E-state index is 0.148. The first-order valence-corrected chi connectivity index (χ1v) is 5.53. The van der Waals surface area contributed by atoms with Crippen LogP contribution in [0.5, 0.6) is 5.75 Å². The predicted octanol–water partition coefficient (Wildman–Crippen LogP) is 2.92. The maximum atomic E-state index is 5.73. The van der Waals surface area contributed by atoms with Crippen LogP contribution in [0, 0.1) is 0 Å². The van der Waals surface area contributed by atoms with Crippen LogP contribution in [0.25, 0.3) is 0 Å². The fraction of sp³-hybridized carbons (Fsp3) is 0.538. The Balaban J connectivity index is 2.48. The Morgan fingerprint density at radius 3 is 2.25 bits per heavy atom. The van der Waals surface area contributed by atoms with Gasteiger partial charge in [-0.25, -0.2) is 0 Å². The van der Waals surface area contributed by atoms with Gasteiger partial charge in [0.15, 0.2) is 0 Å². The van der Waals surface area contributed by atoms with E-state index in [2.05, 4.69) is 5.32 Å². The first-order valence-electron chi connectivity index (χ1n) is 5.53. The molecule has 0 atom stereocenters. The van der Waals surface area contributed by atoms with Crippen molar-refractivity contribution < 1.29 is 9.47 Å². The Morgan fingerprint density at radius 2 is 1.75 bits per heavy atom. The molecule has 0 aliphatic carbocycles. The van der Waals surface area contributed by atoms with Gasteiger partial charge in [0.05, 0.1) is 6.61 Å². The van der Waals surface area contributed by atoms with E-state index in [0.717, 1.165) is 18.0 Å². The van der Waals surface area contributed by atoms with E-state index in [1.54, 1.807) is 7.11 Å². The first kappa shape index (κ1) is 12.8. The summed E-state index contributed by atoms with van der Waals surface area (Å²) in [6.45, 7) is 7.64. The number of nitrogens with one attached hydrogen (secondary N) is 1. The quantitative estimate of drug-likeness (QED) is 0.778. The summed E-state index contributed by atoms with van der Waals surface area (Å²) in [5.41, 5.74) is 0.934. The molecule has 0 saturated carbocycles. The fourth-order valence-corrected chi connectivity index (χ4v) is 1.29. The van der Waals surface area contributed by atoms with E-state index in [1.165, 1.54) is 0 Å². The Labute approximate surface area is 97.8 Å². The zero-order valence-corrected chi connectivity index (χ0v) is 10.5. The van der Waals surface area contributed by atoms with Crippen LogP contribution in [0.2, 0.25) is 0 Å². The molecular weight excluding hydrogens is 202 g/mol. The number of methoxy groups -OCH3 is 1. The molecule has 0 aliphatic rings. The topological polar surface area (TPSA) is 30.5 Å². The third kappa shape index (κ3) is 5.03. The molecule has 0 amide bonds. The SMILES string of the molecule is COCCNc1ccc(OC(C)(C)C)cc1. The lowest BCUT2D eigenvalue weighted by Crippen LogP contribution is -2.22. The van der Waals surface area contributed by atoms with Gasteiger partial charge < -0.3 is 14.8 Å². The van der Waals surface area contributed by atoms with Gasteiger partial charge in [-0.15, -0.1) is 0 Å². The fourth-order valence-electron chi connectivity index (χ4n) is 1.29. The largest absolute Gasteiger partial charge is 0.488 e. The molecule has 0 aliphatic heterocycles. The molecule has 3 heteroatoms. The van der Waals surface area contributed by atoms with Crippen LogP contribution in [-0.2, 0) is 4.74 Å². The zero-order chi connectivity index (χ0) is 12.0. The number of hydrogen-bond donors (Lipinski definition) is 1. The molecule has 16 heavy (non-hydrogen) atoms. The number of anilines is 1. The van der Waals surface area contributed by atoms with Crippen molar-refractivity contribution in [1.29, 1.82) is 0 Å². The van der Waals surface area contributed by atoms with Crippen molar-refractivity contribution in [3.63, 3.8) is 0 Å². The van der Waals surface area contributed by atoms with E-state index >= 15 is 0 Å². The lowest BCUT2D eigenvalue weighted by Gasteiger charge is -2.21. The number of rotatable bonds is 5. The van der Waals surface area contributed by atoms with Crippen molar-refractivity contribution >= 4 is 5.69 Å². The van der Waals surface area contributed by atoms with E-state index in [0.29, 0.717) is 6.61 Å². The van der Waals surface area contributed by atoms with Crippen molar-refractivity contribution in [1.82, 2.24) is 0 Å². The second kappa shape index (κ2) is 5.75. The van der Waals surface area contributed by atoms with E-state index in [4.69, 9.17) is 9.47 Å². The monoisotopic (exact) mass is 223 g/mol. The Hall–Kier alpha value is -1.22. The Bertz CT molecular complexity index is 301. The third-order valence-corrected chi connectivity index (χ3v) is 1.91. The molecule has 0 bridgehead atoms. The minimum Gasteiger partial charge on any atom is -0.488 e. The van der Waals surface area contributed by atoms with Crippen LogP contribution < -0.4 is 10.1 Å². The summed E-state index contributed by atoms with van der Waals surface area (Å²) < 4.78 is 10.7. The molecule has 1 aromatic rings. The molecule has 0 heterocycles. The lowest BCUT2D eigenvalue weighted by molar-refractivity contribution is 0.131. The third-order valence-electron chi connectivity index (χ3n) is 1.91. The zero-order valence-electron chi connectivity index (χ0n) is 10.5. The van der Waals surface area contributed by atoms with Crippen molar-refractivity contribution in [2.75, 3.05) is 25.6 Å². The maximum absolute atomic E-state index is 5.73. The van der Waals surface area contributed by atoms with Gasteiger partial charge in [0, 0.05) is 19.3 Å². The van der Waals surface area contributed by atoms with E-state index < -0.39 is 0 Å². The normalized spacial score (nSPS) is 11.2. The molecule has 0 radical (unpaired) electrons. The average molecular weight is 223 g/mol. The molecule has 90 valence electrons. The van der Waals surface area contributed by atoms with E-state index in [-0.39, 0.29) is 5.60 Å². The highest BCUT2D eigenvalue weighted by atomic mass is 16.5. The predicted molar refractivity (Wildman–Crippen MR) is 67.2 cm³/mol. The van der Waals surface area contributed by atoms with Crippen LogP contribution in [-0.4, -0.2) is 25.9 Å². The number of ether oxygens (including phenoxy) is 2. The van der Waals surface area contributed by atoms with Crippen molar-refractivity contribution in [2.24, 2.45) is 0 Å². The molecule has 0 fully saturated rings. The molecule has 1 rings (SSSR count). The number of hydrogen-bond acceptors (Lipinski definition) is 3. The summed E-state index contributed by atoms with van der Waals surface area (Å²) in [4.78, 5) is 0. The summed E-state index contributed by atoms with van der Waals surface area (Å²) in [5.74, 6) is 0.893. The Morgan fingerprint density at radius 1 is 1.12 bits per heavy atom. The van der Waals surface area contributed by atoms with Crippen LogP contribution in [0.3, 0.4) is 0 Å². The molecule has 3 nitrogen and oxygen atoms in total. The van der Waals surface area contributed by atoms with E-state index in [1.807, 2.05) is 45.0 Å². The standard InChI is InChI=1S/C13H21NO2/c1-13(2,3)16-12-7-5-11(6-8-12)14-9-10-15-4/h5-8,14H,9-10H2,1-4H3. The van der Waals surface area contributed by atoms with Crippen LogP contribution >= 0.6 is 0 Å². The molecule has 0 aromatic heterocycles. The Kier molecular flexibility index (Phi) is 4.62. The highest BCUT2D eigenvalue weighted by molar-refractivity contribution is 5.46. The molecule has 1 N–H and O–H groups in total. The second-order valence-corrected chi connectivity index (χ2v) is 4.66. The highest BCUT2D eigenvalue weighted by Gasteiger charge is 2.11. The molecule has 0 unspecified atom stereocenters. The van der Waals surface area contributed by atoms with Crippen LogP contribution in [0.1, 0.15) is 20.8 Å². The average Bonchev–Trinajstić information content (AvgIpc) is 2.19. The van der Waals surface area contributed by atoms with Gasteiger partial charge in [0.25, 0.3) is 0 Å². The van der Waals surface area contributed by atoms with Crippen molar-refractivity contribution in [3.05, 3.63) is 24.3 Å². The van der Waals surface area contributed by atoms with Crippen molar-refractivity contribution in [2.45, 2.75) is 26.4 Å². The van der Waals surface area contributed by atoms with Gasteiger partial charge in [-0.3, -0.25) is 0 Å². The van der Waals surface area contributed by atoms with Crippen LogP contribution in [0.4, 0.5) is 5.69 Å². The van der Waals surface area contributed by atoms with Gasteiger partial charge in [0.2, 0.25) is 0 Å². The number of benzene rings is 1. The lowest BCUT2D eigenvalue weighted by atomic mass is 10.2. The second-order valence-electron chi connectivity index (χ2n) is 4.66. The van der Waals surface area contributed by atoms with Gasteiger partial charge in [-0.05, 0) is 45.0 Å². The smallest absolute Gasteiger partial charge is 0.120 e. The summed E-state index contributed by atoms with van der Waals surface area (Å²) in [6.07, 6.45) is 0. The van der Waals surface area contributed by atoms with Gasteiger partial charge in [-0.2, -0.15) is 0 Å². The van der Waals surface area contributed by atoms with Crippen LogP contribution in [0.15, 0.2) is 24.3 Å². The summed E-state index contributed by atoms with van der Waals surface area (Å²) in [5, 5.41) is 3.26. The van der Waals surface area contributed by atoms with Gasteiger partial charge in [-0.1, -0.05) is 0 Å². The van der Waals surface area contributed by atoms with Gasteiger partial charge in [0.1, 0.15) is 11.4 Å². The summed E-state index contributed by atoms with van der Waals surface area (Å²) >= 11 is 0. The first-order chi connectivity index (χ1) is 7.51. The summed E-state index contributed by atoms with van der Waals surface area (Å²) in [6, 6.07) is 7.97. The van der Waals surface area contributed by atoms with Crippen molar-refractivity contribution in [3.8, 4) is 5.75 Å². The molecule has 0 saturated heterocycles. The molecule has 1 aromatic carbocycles.